The number of sulfonamides is 1. The maximum Gasteiger partial charge on any atom is 0.241 e. The monoisotopic (exact) mass is 383 g/mol. The molecule has 9 heteroatoms. The molecular weight excluding hydrogens is 366 g/mol. The van der Waals surface area contributed by atoms with Gasteiger partial charge in [0.2, 0.25) is 10.0 Å². The molecule has 0 radical (unpaired) electrons. The number of aliphatic hydroxyl groups excluding tert-OH is 1. The summed E-state index contributed by atoms with van der Waals surface area (Å²) in [5.41, 5.74) is 0. The molecule has 0 aromatic heterocycles. The van der Waals surface area contributed by atoms with Crippen LogP contribution in [0.15, 0.2) is 21.5 Å². The molecule has 1 aromatic rings. The van der Waals surface area contributed by atoms with Crippen LogP contribution in [-0.4, -0.2) is 54.1 Å². The lowest BCUT2D eigenvalue weighted by molar-refractivity contribution is 0.0679. The molecule has 0 aliphatic heterocycles. The SMILES string of the molecule is COCC(O)CNS(=O)(=O)c1cc(OC)c(OC)cc1Br. The van der Waals surface area contributed by atoms with Crippen LogP contribution in [0.3, 0.4) is 0 Å². The van der Waals surface area contributed by atoms with Gasteiger partial charge in [-0.25, -0.2) is 13.1 Å². The number of nitrogens with one attached hydrogen (secondary N) is 1. The van der Waals surface area contributed by atoms with E-state index in [1.165, 1.54) is 33.5 Å². The number of hydrogen-bond acceptors (Lipinski definition) is 6. The number of halogens is 1. The maximum absolute atomic E-state index is 12.2. The summed E-state index contributed by atoms with van der Waals surface area (Å²) in [4.78, 5) is -0.00948. The molecule has 0 amide bonds. The molecule has 0 saturated heterocycles. The van der Waals surface area contributed by atoms with E-state index in [2.05, 4.69) is 20.7 Å². The van der Waals surface area contributed by atoms with E-state index >= 15 is 0 Å². The Balaban J connectivity index is 3.02. The van der Waals surface area contributed by atoms with Crippen LogP contribution in [0.1, 0.15) is 0 Å². The zero-order valence-corrected chi connectivity index (χ0v) is 14.3. The molecule has 1 atom stereocenters. The summed E-state index contributed by atoms with van der Waals surface area (Å²) in [5, 5.41) is 9.50. The minimum Gasteiger partial charge on any atom is -0.493 e. The van der Waals surface area contributed by atoms with E-state index in [0.29, 0.717) is 16.0 Å². The number of methoxy groups -OCH3 is 3. The van der Waals surface area contributed by atoms with Crippen molar-refractivity contribution in [2.75, 3.05) is 34.5 Å². The van der Waals surface area contributed by atoms with E-state index in [0.717, 1.165) is 0 Å². The zero-order chi connectivity index (χ0) is 16.0. The number of hydrogen-bond donors (Lipinski definition) is 2. The molecule has 1 aromatic carbocycles. The van der Waals surface area contributed by atoms with E-state index in [9.17, 15) is 13.5 Å². The topological polar surface area (TPSA) is 94.1 Å². The molecule has 0 heterocycles. The van der Waals surface area contributed by atoms with Gasteiger partial charge in [-0.1, -0.05) is 0 Å². The summed E-state index contributed by atoms with van der Waals surface area (Å²) in [6, 6.07) is 2.84. The van der Waals surface area contributed by atoms with Crippen molar-refractivity contribution in [2.24, 2.45) is 0 Å². The molecule has 0 bridgehead atoms. The minimum atomic E-state index is -3.81. The molecule has 0 spiro atoms. The Morgan fingerprint density at radius 3 is 2.33 bits per heavy atom. The van der Waals surface area contributed by atoms with Crippen molar-refractivity contribution in [3.05, 3.63) is 16.6 Å². The summed E-state index contributed by atoms with van der Waals surface area (Å²) < 4.78 is 42.0. The molecule has 0 fully saturated rings. The van der Waals surface area contributed by atoms with Crippen molar-refractivity contribution >= 4 is 26.0 Å². The third-order valence-corrected chi connectivity index (χ3v) is 4.98. The van der Waals surface area contributed by atoms with Crippen LogP contribution in [0.2, 0.25) is 0 Å². The van der Waals surface area contributed by atoms with Crippen LogP contribution in [0.25, 0.3) is 0 Å². The molecule has 21 heavy (non-hydrogen) atoms. The summed E-state index contributed by atoms with van der Waals surface area (Å²) in [6.45, 7) is -0.118. The fourth-order valence-electron chi connectivity index (χ4n) is 1.58. The third kappa shape index (κ3) is 4.82. The fraction of sp³-hybridized carbons (Fsp3) is 0.500. The molecule has 0 saturated carbocycles. The van der Waals surface area contributed by atoms with Gasteiger partial charge in [-0.2, -0.15) is 0 Å². The van der Waals surface area contributed by atoms with E-state index in [1.807, 2.05) is 0 Å². The van der Waals surface area contributed by atoms with Gasteiger partial charge in [-0.05, 0) is 22.0 Å². The van der Waals surface area contributed by atoms with Crippen molar-refractivity contribution in [1.29, 1.82) is 0 Å². The predicted octanol–water partition coefficient (Wildman–Crippen LogP) is 0.752. The third-order valence-electron chi connectivity index (χ3n) is 2.60. The van der Waals surface area contributed by atoms with Crippen LogP contribution >= 0.6 is 15.9 Å². The standard InChI is InChI=1S/C12H18BrNO6S/c1-18-7-8(15)6-14-21(16,17)12-5-11(20-3)10(19-2)4-9(12)13/h4-5,8,14-15H,6-7H2,1-3H3. The van der Waals surface area contributed by atoms with Crippen LogP contribution < -0.4 is 14.2 Å². The van der Waals surface area contributed by atoms with Crippen LogP contribution in [0.5, 0.6) is 11.5 Å². The first-order valence-corrected chi connectivity index (χ1v) is 8.21. The van der Waals surface area contributed by atoms with E-state index in [1.54, 1.807) is 0 Å². The lowest BCUT2D eigenvalue weighted by atomic mass is 10.3. The first kappa shape index (κ1) is 18.2. The molecule has 1 unspecified atom stereocenters. The van der Waals surface area contributed by atoms with E-state index in [-0.39, 0.29) is 18.0 Å². The lowest BCUT2D eigenvalue weighted by Crippen LogP contribution is -2.34. The minimum absolute atomic E-state index is 0.00948. The molecule has 0 aliphatic rings. The van der Waals surface area contributed by atoms with Gasteiger partial charge in [0.1, 0.15) is 4.90 Å². The predicted molar refractivity (Wildman–Crippen MR) is 80.3 cm³/mol. The molecule has 2 N–H and O–H groups in total. The average Bonchev–Trinajstić information content (AvgIpc) is 2.45. The second kappa shape index (κ2) is 7.95. The Kier molecular flexibility index (Phi) is 6.88. The number of aliphatic hydroxyl groups is 1. The van der Waals surface area contributed by atoms with Crippen LogP contribution in [0.4, 0.5) is 0 Å². The summed E-state index contributed by atoms with van der Waals surface area (Å²) >= 11 is 3.18. The van der Waals surface area contributed by atoms with E-state index in [4.69, 9.17) is 14.2 Å². The van der Waals surface area contributed by atoms with Gasteiger partial charge in [0, 0.05) is 24.2 Å². The Labute approximate surface area is 132 Å². The second-order valence-corrected chi connectivity index (χ2v) is 6.69. The highest BCUT2D eigenvalue weighted by atomic mass is 79.9. The Hall–Kier alpha value is -0.870. The summed E-state index contributed by atoms with van der Waals surface area (Å²) in [5.74, 6) is 0.696. The lowest BCUT2D eigenvalue weighted by Gasteiger charge is -2.14. The average molecular weight is 384 g/mol. The zero-order valence-electron chi connectivity index (χ0n) is 11.9. The van der Waals surface area contributed by atoms with Crippen LogP contribution in [-0.2, 0) is 14.8 Å². The van der Waals surface area contributed by atoms with Crippen molar-refractivity contribution in [3.8, 4) is 11.5 Å². The van der Waals surface area contributed by atoms with Crippen LogP contribution in [0, 0.1) is 0 Å². The van der Waals surface area contributed by atoms with Crippen molar-refractivity contribution in [3.63, 3.8) is 0 Å². The van der Waals surface area contributed by atoms with Gasteiger partial charge < -0.3 is 19.3 Å². The highest BCUT2D eigenvalue weighted by Crippen LogP contribution is 2.35. The van der Waals surface area contributed by atoms with E-state index < -0.39 is 16.1 Å². The first-order chi connectivity index (χ1) is 9.85. The normalized spacial score (nSPS) is 13.0. The fourth-order valence-corrected chi connectivity index (χ4v) is 3.68. The number of ether oxygens (including phenoxy) is 3. The quantitative estimate of drug-likeness (QED) is 0.687. The Morgan fingerprint density at radius 1 is 1.24 bits per heavy atom. The van der Waals surface area contributed by atoms with Crippen molar-refractivity contribution in [2.45, 2.75) is 11.0 Å². The maximum atomic E-state index is 12.2. The highest BCUT2D eigenvalue weighted by Gasteiger charge is 2.22. The molecule has 0 aliphatic carbocycles. The van der Waals surface area contributed by atoms with Gasteiger partial charge in [-0.3, -0.25) is 0 Å². The smallest absolute Gasteiger partial charge is 0.241 e. The summed E-state index contributed by atoms with van der Waals surface area (Å²) in [6.07, 6.45) is -0.927. The number of rotatable bonds is 8. The Bertz CT molecular complexity index is 577. The van der Waals surface area contributed by atoms with Gasteiger partial charge >= 0.3 is 0 Å². The van der Waals surface area contributed by atoms with Crippen molar-refractivity contribution < 1.29 is 27.7 Å². The van der Waals surface area contributed by atoms with Gasteiger partial charge in [0.05, 0.1) is 26.9 Å². The molecule has 7 nitrogen and oxygen atoms in total. The molecular formula is C12H18BrNO6S. The first-order valence-electron chi connectivity index (χ1n) is 5.94. The summed E-state index contributed by atoms with van der Waals surface area (Å²) in [7, 11) is 0.480. The van der Waals surface area contributed by atoms with Gasteiger partial charge in [0.15, 0.2) is 11.5 Å². The number of benzene rings is 1. The Morgan fingerprint density at radius 2 is 1.81 bits per heavy atom. The van der Waals surface area contributed by atoms with Gasteiger partial charge in [-0.15, -0.1) is 0 Å². The molecule has 120 valence electrons. The molecule has 1 rings (SSSR count). The largest absolute Gasteiger partial charge is 0.493 e. The second-order valence-electron chi connectivity index (χ2n) is 4.10. The van der Waals surface area contributed by atoms with Gasteiger partial charge in [0.25, 0.3) is 0 Å². The van der Waals surface area contributed by atoms with Crippen molar-refractivity contribution in [1.82, 2.24) is 4.72 Å². The highest BCUT2D eigenvalue weighted by molar-refractivity contribution is 9.10.